The number of hydrogen-bond donors (Lipinski definition) is 4. The summed E-state index contributed by atoms with van der Waals surface area (Å²) >= 11 is 0. The Labute approximate surface area is 144 Å². The minimum absolute atomic E-state index is 0.154. The van der Waals surface area contributed by atoms with E-state index in [0.717, 1.165) is 37.9 Å². The van der Waals surface area contributed by atoms with Gasteiger partial charge in [0.1, 0.15) is 6.04 Å². The predicted octanol–water partition coefficient (Wildman–Crippen LogP) is 2.84. The number of nitrogens with one attached hydrogen (secondary N) is 3. The summed E-state index contributed by atoms with van der Waals surface area (Å²) in [5.41, 5.74) is 2.68. The highest BCUT2D eigenvalue weighted by Crippen LogP contribution is 2.09. The third kappa shape index (κ3) is 9.15. The monoisotopic (exact) mass is 335 g/mol. The van der Waals surface area contributed by atoms with E-state index in [-0.39, 0.29) is 5.91 Å². The average Bonchev–Trinajstić information content (AvgIpc) is 2.60. The maximum absolute atomic E-state index is 11.6. The van der Waals surface area contributed by atoms with Crippen molar-refractivity contribution in [3.05, 3.63) is 30.3 Å². The molecule has 1 aromatic carbocycles. The van der Waals surface area contributed by atoms with E-state index in [4.69, 9.17) is 5.21 Å². The molecule has 1 rings (SSSR count). The van der Waals surface area contributed by atoms with E-state index < -0.39 is 11.9 Å². The quantitative estimate of drug-likeness (QED) is 0.269. The minimum atomic E-state index is -0.709. The highest BCUT2D eigenvalue weighted by Gasteiger charge is 2.13. The van der Waals surface area contributed by atoms with Crippen LogP contribution in [-0.2, 0) is 9.59 Å². The molecule has 0 fully saturated rings. The van der Waals surface area contributed by atoms with Crippen LogP contribution in [0.3, 0.4) is 0 Å². The third-order valence-electron chi connectivity index (χ3n) is 3.81. The Kier molecular flexibility index (Phi) is 10.3. The number of carbonyl (C=O) groups excluding carboxylic acids is 2. The molecule has 1 atom stereocenters. The van der Waals surface area contributed by atoms with Crippen LogP contribution in [0.1, 0.15) is 51.9 Å². The normalized spacial score (nSPS) is 11.6. The zero-order valence-corrected chi connectivity index (χ0v) is 14.4. The van der Waals surface area contributed by atoms with Crippen LogP contribution in [0.4, 0.5) is 5.69 Å². The van der Waals surface area contributed by atoms with Gasteiger partial charge in [0.05, 0.1) is 0 Å². The zero-order chi connectivity index (χ0) is 17.6. The molecule has 0 saturated heterocycles. The SMILES string of the molecule is CC(NC(=O)CCCCCCCCNc1ccccc1)C(=O)NO. The molecule has 0 spiro atoms. The van der Waals surface area contributed by atoms with Gasteiger partial charge >= 0.3 is 0 Å². The molecule has 0 bridgehead atoms. The van der Waals surface area contributed by atoms with Crippen LogP contribution in [0.2, 0.25) is 0 Å². The lowest BCUT2D eigenvalue weighted by Gasteiger charge is -2.11. The molecular weight excluding hydrogens is 306 g/mol. The first-order chi connectivity index (χ1) is 11.6. The highest BCUT2D eigenvalue weighted by molar-refractivity contribution is 5.86. The van der Waals surface area contributed by atoms with Gasteiger partial charge in [0.2, 0.25) is 5.91 Å². The molecule has 24 heavy (non-hydrogen) atoms. The molecule has 2 amide bonds. The molecule has 1 aromatic rings. The van der Waals surface area contributed by atoms with E-state index in [1.54, 1.807) is 0 Å². The number of carbonyl (C=O) groups is 2. The molecule has 0 heterocycles. The standard InChI is InChI=1S/C18H29N3O3/c1-15(18(23)21-24)20-17(22)13-9-4-2-3-5-10-14-19-16-11-7-6-8-12-16/h6-8,11-12,15,19,24H,2-5,9-10,13-14H2,1H3,(H,20,22)(H,21,23). The Bertz CT molecular complexity index is 480. The second-order valence-corrected chi connectivity index (χ2v) is 5.93. The average molecular weight is 335 g/mol. The van der Waals surface area contributed by atoms with E-state index >= 15 is 0 Å². The van der Waals surface area contributed by atoms with E-state index in [2.05, 4.69) is 22.8 Å². The van der Waals surface area contributed by atoms with Gasteiger partial charge in [-0.05, 0) is 31.9 Å². The first kappa shape index (κ1) is 20.0. The molecule has 0 radical (unpaired) electrons. The molecular formula is C18H29N3O3. The molecule has 0 aliphatic carbocycles. The number of hydrogen-bond acceptors (Lipinski definition) is 4. The van der Waals surface area contributed by atoms with E-state index in [1.807, 2.05) is 18.2 Å². The first-order valence-electron chi connectivity index (χ1n) is 8.65. The van der Waals surface area contributed by atoms with Gasteiger partial charge in [-0.15, -0.1) is 0 Å². The Morgan fingerprint density at radius 3 is 2.29 bits per heavy atom. The van der Waals surface area contributed by atoms with Crippen molar-refractivity contribution in [2.75, 3.05) is 11.9 Å². The van der Waals surface area contributed by atoms with Crippen LogP contribution in [0.25, 0.3) is 0 Å². The fourth-order valence-corrected chi connectivity index (χ4v) is 2.38. The number of para-hydroxylation sites is 1. The van der Waals surface area contributed by atoms with Crippen LogP contribution in [-0.4, -0.2) is 29.6 Å². The van der Waals surface area contributed by atoms with Crippen molar-refractivity contribution >= 4 is 17.5 Å². The van der Waals surface area contributed by atoms with Gasteiger partial charge in [0.15, 0.2) is 0 Å². The summed E-state index contributed by atoms with van der Waals surface area (Å²) < 4.78 is 0. The van der Waals surface area contributed by atoms with Crippen molar-refractivity contribution in [3.63, 3.8) is 0 Å². The van der Waals surface area contributed by atoms with Crippen molar-refractivity contribution in [3.8, 4) is 0 Å². The molecule has 0 aliphatic heterocycles. The van der Waals surface area contributed by atoms with Gasteiger partial charge in [-0.25, -0.2) is 5.48 Å². The van der Waals surface area contributed by atoms with E-state index in [0.29, 0.717) is 6.42 Å². The fourth-order valence-electron chi connectivity index (χ4n) is 2.38. The predicted molar refractivity (Wildman–Crippen MR) is 94.8 cm³/mol. The number of unbranched alkanes of at least 4 members (excludes halogenated alkanes) is 5. The number of rotatable bonds is 12. The number of anilines is 1. The van der Waals surface area contributed by atoms with Gasteiger partial charge in [-0.1, -0.05) is 43.9 Å². The smallest absolute Gasteiger partial charge is 0.265 e. The molecule has 1 unspecified atom stereocenters. The molecule has 0 aromatic heterocycles. The Hall–Kier alpha value is -2.08. The maximum atomic E-state index is 11.6. The van der Waals surface area contributed by atoms with Crippen molar-refractivity contribution < 1.29 is 14.8 Å². The summed E-state index contributed by atoms with van der Waals surface area (Å²) in [5.74, 6) is -0.759. The number of hydroxylamine groups is 1. The van der Waals surface area contributed by atoms with Gasteiger partial charge in [-0.3, -0.25) is 14.8 Å². The second-order valence-electron chi connectivity index (χ2n) is 5.93. The molecule has 0 aliphatic rings. The molecule has 6 heteroatoms. The third-order valence-corrected chi connectivity index (χ3v) is 3.81. The summed E-state index contributed by atoms with van der Waals surface area (Å²) in [6, 6.07) is 9.48. The Balaban J connectivity index is 1.91. The van der Waals surface area contributed by atoms with Crippen LogP contribution in [0, 0.1) is 0 Å². The van der Waals surface area contributed by atoms with Gasteiger partial charge in [-0.2, -0.15) is 0 Å². The topological polar surface area (TPSA) is 90.5 Å². The number of amides is 2. The van der Waals surface area contributed by atoms with Crippen LogP contribution in [0.15, 0.2) is 30.3 Å². The molecule has 0 saturated carbocycles. The Morgan fingerprint density at radius 1 is 1.00 bits per heavy atom. The van der Waals surface area contributed by atoms with Crippen LogP contribution in [0.5, 0.6) is 0 Å². The summed E-state index contributed by atoms with van der Waals surface area (Å²) in [6.45, 7) is 2.52. The van der Waals surface area contributed by atoms with E-state index in [1.165, 1.54) is 25.2 Å². The van der Waals surface area contributed by atoms with Crippen molar-refractivity contribution in [2.24, 2.45) is 0 Å². The van der Waals surface area contributed by atoms with Crippen molar-refractivity contribution in [1.29, 1.82) is 0 Å². The van der Waals surface area contributed by atoms with Crippen LogP contribution < -0.4 is 16.1 Å². The minimum Gasteiger partial charge on any atom is -0.385 e. The molecule has 6 nitrogen and oxygen atoms in total. The summed E-state index contributed by atoms with van der Waals surface area (Å²) in [5, 5.41) is 14.4. The first-order valence-corrected chi connectivity index (χ1v) is 8.65. The molecule has 134 valence electrons. The second kappa shape index (κ2) is 12.4. The largest absolute Gasteiger partial charge is 0.385 e. The fraction of sp³-hybridized carbons (Fsp3) is 0.556. The van der Waals surface area contributed by atoms with Gasteiger partial charge < -0.3 is 10.6 Å². The van der Waals surface area contributed by atoms with E-state index in [9.17, 15) is 9.59 Å². The lowest BCUT2D eigenvalue weighted by atomic mass is 10.1. The molecule has 4 N–H and O–H groups in total. The van der Waals surface area contributed by atoms with Crippen LogP contribution >= 0.6 is 0 Å². The van der Waals surface area contributed by atoms with Gasteiger partial charge in [0.25, 0.3) is 5.91 Å². The zero-order valence-electron chi connectivity index (χ0n) is 14.4. The van der Waals surface area contributed by atoms with Crippen molar-refractivity contribution in [2.45, 2.75) is 57.9 Å². The summed E-state index contributed by atoms with van der Waals surface area (Å²) in [6.07, 6.45) is 6.86. The number of benzene rings is 1. The lowest BCUT2D eigenvalue weighted by Crippen LogP contribution is -2.43. The Morgan fingerprint density at radius 2 is 1.62 bits per heavy atom. The van der Waals surface area contributed by atoms with Crippen molar-refractivity contribution in [1.82, 2.24) is 10.8 Å². The lowest BCUT2D eigenvalue weighted by molar-refractivity contribution is -0.134. The maximum Gasteiger partial charge on any atom is 0.265 e. The van der Waals surface area contributed by atoms with Gasteiger partial charge in [0, 0.05) is 18.7 Å². The highest BCUT2D eigenvalue weighted by atomic mass is 16.5. The summed E-state index contributed by atoms with van der Waals surface area (Å²) in [4.78, 5) is 22.7. The summed E-state index contributed by atoms with van der Waals surface area (Å²) in [7, 11) is 0.